The van der Waals surface area contributed by atoms with E-state index in [1.54, 1.807) is 17.5 Å². The van der Waals surface area contributed by atoms with Crippen LogP contribution >= 0.6 is 11.3 Å². The van der Waals surface area contributed by atoms with Crippen LogP contribution in [0, 0.1) is 5.89 Å². The predicted octanol–water partition coefficient (Wildman–Crippen LogP) is 6.71. The summed E-state index contributed by atoms with van der Waals surface area (Å²) in [5.41, 5.74) is 2.36. The molecule has 1 aliphatic carbocycles. The van der Waals surface area contributed by atoms with Gasteiger partial charge in [-0.05, 0) is 43.2 Å². The van der Waals surface area contributed by atoms with E-state index in [1.807, 2.05) is 18.2 Å². The SMILES string of the molecule is [2H]C1C(C2([2H])CCCC2)=CN=C(c2cccc3c2sc2ccccc23)C1[2H]. The van der Waals surface area contributed by atoms with Crippen LogP contribution in [0.2, 0.25) is 0 Å². The third-order valence-corrected chi connectivity index (χ3v) is 6.28. The minimum absolute atomic E-state index is 0.664. The highest BCUT2D eigenvalue weighted by atomic mass is 32.1. The summed E-state index contributed by atoms with van der Waals surface area (Å²) in [6.07, 6.45) is 3.93. The molecule has 0 radical (unpaired) electrons. The summed E-state index contributed by atoms with van der Waals surface area (Å²) < 4.78 is 28.5. The first-order valence-corrected chi connectivity index (χ1v) is 9.43. The molecule has 1 saturated carbocycles. The average Bonchev–Trinajstić information content (AvgIpc) is 3.28. The Kier molecular flexibility index (Phi) is 2.83. The van der Waals surface area contributed by atoms with E-state index >= 15 is 0 Å². The largest absolute Gasteiger partial charge is 0.261 e. The van der Waals surface area contributed by atoms with E-state index in [0.29, 0.717) is 5.71 Å². The van der Waals surface area contributed by atoms with Gasteiger partial charge in [0.1, 0.15) is 0 Å². The highest BCUT2D eigenvalue weighted by Crippen LogP contribution is 2.38. The molecule has 0 bridgehead atoms. The second kappa shape index (κ2) is 5.86. The summed E-state index contributed by atoms with van der Waals surface area (Å²) in [6.45, 7) is 0. The minimum Gasteiger partial charge on any atom is -0.261 e. The van der Waals surface area contributed by atoms with Crippen LogP contribution in [0.15, 0.2) is 59.2 Å². The fourth-order valence-electron chi connectivity index (χ4n) is 3.80. The zero-order valence-electron chi connectivity index (χ0n) is 16.5. The fourth-order valence-corrected chi connectivity index (χ4v) is 5.03. The molecule has 5 rings (SSSR count). The first-order chi connectivity index (χ1) is 13.1. The first-order valence-electron chi connectivity index (χ1n) is 10.3. The van der Waals surface area contributed by atoms with E-state index in [9.17, 15) is 0 Å². The Balaban J connectivity index is 1.66. The molecule has 0 spiro atoms. The Labute approximate surface area is 150 Å². The molecule has 3 aromatic rings. The number of aliphatic imine (C=N–C) groups is 1. The lowest BCUT2D eigenvalue weighted by molar-refractivity contribution is 0.609. The molecule has 120 valence electrons. The van der Waals surface area contributed by atoms with Crippen LogP contribution in [0.1, 0.15) is 48.2 Å². The minimum atomic E-state index is -0.747. The van der Waals surface area contributed by atoms with E-state index in [4.69, 9.17) is 4.11 Å². The van der Waals surface area contributed by atoms with Gasteiger partial charge in [0.25, 0.3) is 0 Å². The number of fused-ring (bicyclic) bond motifs is 3. The van der Waals surface area contributed by atoms with E-state index in [-0.39, 0.29) is 0 Å². The van der Waals surface area contributed by atoms with Gasteiger partial charge >= 0.3 is 0 Å². The Hall–Kier alpha value is -1.93. The molecule has 1 aliphatic heterocycles. The van der Waals surface area contributed by atoms with Crippen LogP contribution in [-0.4, -0.2) is 5.71 Å². The molecule has 2 aromatic carbocycles. The van der Waals surface area contributed by atoms with Crippen LogP contribution in [-0.2, 0) is 0 Å². The molecule has 24 heavy (non-hydrogen) atoms. The molecule has 1 aromatic heterocycles. The van der Waals surface area contributed by atoms with Gasteiger partial charge in [-0.3, -0.25) is 4.99 Å². The number of hydrogen-bond donors (Lipinski definition) is 0. The molecule has 2 heteroatoms. The average molecular weight is 335 g/mol. The second-order valence-electron chi connectivity index (χ2n) is 6.52. The molecule has 2 unspecified atom stereocenters. The van der Waals surface area contributed by atoms with Gasteiger partial charge in [-0.15, -0.1) is 11.3 Å². The van der Waals surface area contributed by atoms with E-state index in [1.165, 1.54) is 15.5 Å². The van der Waals surface area contributed by atoms with Crippen molar-refractivity contribution in [3.05, 3.63) is 59.8 Å². The summed E-state index contributed by atoms with van der Waals surface area (Å²) in [7, 11) is 0. The highest BCUT2D eigenvalue weighted by molar-refractivity contribution is 7.26. The Morgan fingerprint density at radius 3 is 2.75 bits per heavy atom. The summed E-state index contributed by atoms with van der Waals surface area (Å²) in [5.74, 6) is -0.690. The van der Waals surface area contributed by atoms with Gasteiger partial charge in [0.15, 0.2) is 0 Å². The van der Waals surface area contributed by atoms with Crippen molar-refractivity contribution >= 4 is 37.2 Å². The predicted molar refractivity (Wildman–Crippen MR) is 105 cm³/mol. The van der Waals surface area contributed by atoms with Crippen LogP contribution in [0.5, 0.6) is 0 Å². The van der Waals surface area contributed by atoms with Gasteiger partial charge < -0.3 is 0 Å². The molecule has 2 aliphatic rings. The summed E-state index contributed by atoms with van der Waals surface area (Å²) >= 11 is 1.73. The molecular formula is C22H21NS. The molecule has 0 N–H and O–H groups in total. The van der Waals surface area contributed by atoms with Crippen molar-refractivity contribution in [2.24, 2.45) is 10.9 Å². The zero-order valence-corrected chi connectivity index (χ0v) is 14.3. The molecule has 1 fully saturated rings. The standard InChI is InChI=1S/C22H21NS/c1-2-7-15(6-1)16-12-13-20(23-14-16)19-10-5-9-18-17-8-3-4-11-21(17)24-22(18)19/h3-5,8-11,14-15H,1-2,6-7,12-13H2/i12D,13D,15D. The van der Waals surface area contributed by atoms with Gasteiger partial charge in [0, 0.05) is 41.8 Å². The molecule has 0 saturated heterocycles. The molecule has 1 nitrogen and oxygen atoms in total. The maximum atomic E-state index is 8.73. The first kappa shape index (κ1) is 11.6. The third kappa shape index (κ3) is 2.32. The van der Waals surface area contributed by atoms with Crippen molar-refractivity contribution in [3.63, 3.8) is 0 Å². The van der Waals surface area contributed by atoms with Crippen molar-refractivity contribution in [1.29, 1.82) is 0 Å². The topological polar surface area (TPSA) is 12.4 Å². The van der Waals surface area contributed by atoms with E-state index in [0.717, 1.165) is 41.5 Å². The summed E-state index contributed by atoms with van der Waals surface area (Å²) in [5, 5.41) is 2.42. The van der Waals surface area contributed by atoms with Crippen LogP contribution in [0.3, 0.4) is 0 Å². The second-order valence-corrected chi connectivity index (χ2v) is 7.58. The monoisotopic (exact) mass is 334 g/mol. The van der Waals surface area contributed by atoms with E-state index < -0.39 is 18.7 Å². The number of hydrogen-bond acceptors (Lipinski definition) is 2. The number of allylic oxidation sites excluding steroid dienone is 1. The smallest absolute Gasteiger partial charge is 0.0493 e. The lowest BCUT2D eigenvalue weighted by Crippen LogP contribution is -2.09. The zero-order chi connectivity index (χ0) is 18.6. The van der Waals surface area contributed by atoms with Crippen molar-refractivity contribution in [1.82, 2.24) is 0 Å². The quantitative estimate of drug-likeness (QED) is 0.494. The summed E-state index contributed by atoms with van der Waals surface area (Å²) in [6, 6.07) is 14.5. The normalized spacial score (nSPS) is 28.2. The molecule has 2 atom stereocenters. The van der Waals surface area contributed by atoms with E-state index in [2.05, 4.69) is 29.3 Å². The van der Waals surface area contributed by atoms with Crippen molar-refractivity contribution < 1.29 is 4.11 Å². The Morgan fingerprint density at radius 2 is 1.83 bits per heavy atom. The highest BCUT2D eigenvalue weighted by Gasteiger charge is 2.22. The van der Waals surface area contributed by atoms with Crippen LogP contribution in [0.4, 0.5) is 0 Å². The Bertz CT molecular complexity index is 1090. The third-order valence-electron chi connectivity index (χ3n) is 5.06. The van der Waals surface area contributed by atoms with Gasteiger partial charge in [-0.1, -0.05) is 49.2 Å². The molecule has 0 amide bonds. The molecule has 2 heterocycles. The fraction of sp³-hybridized carbons (Fsp3) is 0.318. The number of benzene rings is 2. The molecular weight excluding hydrogens is 310 g/mol. The number of rotatable bonds is 2. The number of nitrogens with zero attached hydrogens (tertiary/aromatic N) is 1. The van der Waals surface area contributed by atoms with Crippen molar-refractivity contribution in [2.75, 3.05) is 0 Å². The van der Waals surface area contributed by atoms with Crippen LogP contribution < -0.4 is 0 Å². The number of thiophene rings is 1. The Morgan fingerprint density at radius 1 is 1.00 bits per heavy atom. The van der Waals surface area contributed by atoms with Gasteiger partial charge in [-0.25, -0.2) is 0 Å². The maximum Gasteiger partial charge on any atom is 0.0493 e. The lowest BCUT2D eigenvalue weighted by atomic mass is 9.90. The van der Waals surface area contributed by atoms with Gasteiger partial charge in [0.2, 0.25) is 0 Å². The van der Waals surface area contributed by atoms with Crippen molar-refractivity contribution in [2.45, 2.75) is 38.5 Å². The van der Waals surface area contributed by atoms with Gasteiger partial charge in [0.05, 0.1) is 0 Å². The summed E-state index contributed by atoms with van der Waals surface area (Å²) in [4.78, 5) is 4.66. The van der Waals surface area contributed by atoms with Crippen molar-refractivity contribution in [3.8, 4) is 0 Å². The van der Waals surface area contributed by atoms with Gasteiger partial charge in [-0.2, -0.15) is 0 Å². The maximum absolute atomic E-state index is 8.73. The van der Waals surface area contributed by atoms with Crippen LogP contribution in [0.25, 0.3) is 20.2 Å². The lowest BCUT2D eigenvalue weighted by Gasteiger charge is -2.19.